The molecule has 3 aromatic heterocycles. The third-order valence-corrected chi connectivity index (χ3v) is 12.6. The number of pyridine rings is 2. The number of fused-ring (bicyclic) bond motifs is 1. The summed E-state index contributed by atoms with van der Waals surface area (Å²) in [5.74, 6) is 0.156. The van der Waals surface area contributed by atoms with E-state index >= 15 is 0 Å². The van der Waals surface area contributed by atoms with Gasteiger partial charge in [0.1, 0.15) is 5.82 Å². The number of anilines is 2. The third kappa shape index (κ3) is 7.20. The van der Waals surface area contributed by atoms with E-state index in [0.29, 0.717) is 17.0 Å². The first-order valence-corrected chi connectivity index (χ1v) is 20.1. The van der Waals surface area contributed by atoms with Gasteiger partial charge in [0.25, 0.3) is 0 Å². The minimum atomic E-state index is -0.878. The quantitative estimate of drug-likeness (QED) is 0.130. The van der Waals surface area contributed by atoms with Crippen molar-refractivity contribution in [3.8, 4) is 22.5 Å². The molecule has 54 heavy (non-hydrogen) atoms. The summed E-state index contributed by atoms with van der Waals surface area (Å²) < 4.78 is 2.38. The van der Waals surface area contributed by atoms with Crippen LogP contribution < -0.4 is 15.1 Å². The molecule has 0 amide bonds. The van der Waals surface area contributed by atoms with Crippen molar-refractivity contribution < 1.29 is 9.90 Å². The van der Waals surface area contributed by atoms with Crippen LogP contribution in [-0.2, 0) is 12.8 Å². The Morgan fingerprint density at radius 3 is 2.33 bits per heavy atom. The smallest absolute Gasteiger partial charge is 0.335 e. The van der Waals surface area contributed by atoms with Crippen LogP contribution in [0.4, 0.5) is 11.5 Å². The molecule has 0 atom stereocenters. The molecule has 280 valence electrons. The molecule has 1 aliphatic carbocycles. The monoisotopic (exact) mass is 723 g/mol. The van der Waals surface area contributed by atoms with E-state index in [1.165, 1.54) is 69.0 Å². The Hall–Kier alpha value is -5.18. The van der Waals surface area contributed by atoms with Crippen LogP contribution in [-0.4, -0.2) is 63.5 Å². The lowest BCUT2D eigenvalue weighted by Crippen LogP contribution is -2.47. The number of hydrogen-bond donors (Lipinski definition) is 2. The topological polar surface area (TPSA) is 99.4 Å². The highest BCUT2D eigenvalue weighted by atomic mass is 16.4. The molecule has 9 heteroatoms. The summed E-state index contributed by atoms with van der Waals surface area (Å²) in [5.41, 5.74) is 8.75. The number of rotatable bonds is 11. The van der Waals surface area contributed by atoms with Gasteiger partial charge in [0.05, 0.1) is 23.0 Å². The summed E-state index contributed by atoms with van der Waals surface area (Å²) in [6.07, 6.45) is 18.6. The second-order valence-corrected chi connectivity index (χ2v) is 15.6. The molecule has 8 rings (SSSR count). The molecule has 0 unspecified atom stereocenters. The molecular formula is C45H53N7O2. The van der Waals surface area contributed by atoms with E-state index in [9.17, 15) is 9.90 Å². The Morgan fingerprint density at radius 2 is 1.67 bits per heavy atom. The molecule has 9 nitrogen and oxygen atoms in total. The van der Waals surface area contributed by atoms with Crippen LogP contribution in [0.5, 0.6) is 0 Å². The molecule has 5 aromatic rings. The van der Waals surface area contributed by atoms with Gasteiger partial charge >= 0.3 is 5.97 Å². The van der Waals surface area contributed by atoms with E-state index in [1.807, 2.05) is 24.5 Å². The predicted octanol–water partition coefficient (Wildman–Crippen LogP) is 9.09. The first-order chi connectivity index (χ1) is 26.4. The van der Waals surface area contributed by atoms with Crippen LogP contribution in [0.3, 0.4) is 0 Å². The van der Waals surface area contributed by atoms with E-state index in [2.05, 4.69) is 69.7 Å². The fourth-order valence-corrected chi connectivity index (χ4v) is 9.30. The molecule has 2 aromatic carbocycles. The molecular weight excluding hydrogens is 671 g/mol. The number of nitrogens with one attached hydrogen (secondary N) is 1. The normalized spacial score (nSPS) is 17.6. The highest BCUT2D eigenvalue weighted by Gasteiger charge is 2.38. The SMILES string of the molecule is C=CNCCc1c(CC)c(-c2cccc3cc(-c4ccc(N5CCC6(CCN(c7ccc(C(=O)O)cc7)CC6)CC5)nc4)ncc23)nn1C1CCCCC1. The Bertz CT molecular complexity index is 2080. The molecule has 2 saturated heterocycles. The van der Waals surface area contributed by atoms with Crippen LogP contribution >= 0.6 is 0 Å². The van der Waals surface area contributed by atoms with Gasteiger partial charge in [-0.1, -0.05) is 51.0 Å². The van der Waals surface area contributed by atoms with Crippen LogP contribution in [0, 0.1) is 5.41 Å². The number of aromatic nitrogens is 4. The number of carboxylic acids is 1. The van der Waals surface area contributed by atoms with E-state index < -0.39 is 5.97 Å². The lowest BCUT2D eigenvalue weighted by Gasteiger charge is -2.47. The Morgan fingerprint density at radius 1 is 0.926 bits per heavy atom. The third-order valence-electron chi connectivity index (χ3n) is 12.6. The maximum Gasteiger partial charge on any atom is 0.335 e. The van der Waals surface area contributed by atoms with Gasteiger partial charge in [-0.25, -0.2) is 9.78 Å². The number of aromatic carboxylic acids is 1. The summed E-state index contributed by atoms with van der Waals surface area (Å²) in [5, 5.41) is 20.2. The Balaban J connectivity index is 0.953. The van der Waals surface area contributed by atoms with Crippen molar-refractivity contribution in [2.75, 3.05) is 42.5 Å². The molecule has 1 spiro atoms. The van der Waals surface area contributed by atoms with E-state index in [-0.39, 0.29) is 0 Å². The van der Waals surface area contributed by atoms with Crippen molar-refractivity contribution in [1.29, 1.82) is 0 Å². The largest absolute Gasteiger partial charge is 0.478 e. The maximum atomic E-state index is 11.3. The number of carbonyl (C=O) groups is 1. The van der Waals surface area contributed by atoms with Crippen molar-refractivity contribution in [2.45, 2.75) is 83.6 Å². The zero-order valence-corrected chi connectivity index (χ0v) is 31.6. The van der Waals surface area contributed by atoms with Gasteiger partial charge in [0.15, 0.2) is 0 Å². The molecule has 3 aliphatic rings. The number of nitrogens with zero attached hydrogens (tertiary/aromatic N) is 6. The van der Waals surface area contributed by atoms with Crippen LogP contribution in [0.2, 0.25) is 0 Å². The lowest BCUT2D eigenvalue weighted by molar-refractivity contribution is 0.0697. The van der Waals surface area contributed by atoms with E-state index in [1.54, 1.807) is 18.3 Å². The molecule has 2 N–H and O–H groups in total. The Kier molecular flexibility index (Phi) is 10.4. The summed E-state index contributed by atoms with van der Waals surface area (Å²) >= 11 is 0. The fourth-order valence-electron chi connectivity index (χ4n) is 9.30. The summed E-state index contributed by atoms with van der Waals surface area (Å²) in [6.45, 7) is 11.0. The zero-order valence-electron chi connectivity index (χ0n) is 31.6. The van der Waals surface area contributed by atoms with Gasteiger partial charge < -0.3 is 20.2 Å². The number of carboxylic acid groups (broad SMARTS) is 1. The number of hydrogen-bond acceptors (Lipinski definition) is 7. The second-order valence-electron chi connectivity index (χ2n) is 15.6. The first kappa shape index (κ1) is 35.8. The van der Waals surface area contributed by atoms with Gasteiger partial charge in [0.2, 0.25) is 0 Å². The second kappa shape index (κ2) is 15.7. The molecule has 5 heterocycles. The van der Waals surface area contributed by atoms with Crippen molar-refractivity contribution in [1.82, 2.24) is 25.1 Å². The average molecular weight is 724 g/mol. The standard InChI is InChI=1S/C45H53N7O2/c1-3-37-41(19-24-46-4-2)52(36-10-6-5-7-11-36)49-43(37)38-12-8-9-33-29-40(47-31-39(33)38)34-15-18-42(48-30-34)51-27-22-45(23-28-51)20-25-50(26-21-45)35-16-13-32(14-17-35)44(53)54/h4,8-9,12-18,29-31,36,46H,2-3,5-7,10-11,19-28H2,1H3,(H,53,54). The van der Waals surface area contributed by atoms with Crippen molar-refractivity contribution in [3.05, 3.63) is 103 Å². The Labute approximate surface area is 319 Å². The first-order valence-electron chi connectivity index (χ1n) is 20.1. The molecule has 0 radical (unpaired) electrons. The molecule has 0 bridgehead atoms. The van der Waals surface area contributed by atoms with Gasteiger partial charge in [-0.05, 0) is 104 Å². The van der Waals surface area contributed by atoms with E-state index in [4.69, 9.17) is 15.1 Å². The van der Waals surface area contributed by atoms with Crippen molar-refractivity contribution in [3.63, 3.8) is 0 Å². The maximum absolute atomic E-state index is 11.3. The van der Waals surface area contributed by atoms with E-state index in [0.717, 1.165) is 90.4 Å². The molecule has 3 fully saturated rings. The van der Waals surface area contributed by atoms with Gasteiger partial charge in [0, 0.05) is 85.0 Å². The number of benzene rings is 2. The minimum Gasteiger partial charge on any atom is -0.478 e. The number of piperidine rings is 2. The lowest BCUT2D eigenvalue weighted by atomic mass is 9.71. The van der Waals surface area contributed by atoms with Crippen LogP contribution in [0.15, 0.2) is 85.8 Å². The van der Waals surface area contributed by atoms with Crippen molar-refractivity contribution in [2.24, 2.45) is 5.41 Å². The van der Waals surface area contributed by atoms with Gasteiger partial charge in [-0.15, -0.1) is 0 Å². The van der Waals surface area contributed by atoms with Gasteiger partial charge in [-0.2, -0.15) is 5.10 Å². The summed E-state index contributed by atoms with van der Waals surface area (Å²) in [6, 6.07) is 20.9. The highest BCUT2D eigenvalue weighted by molar-refractivity contribution is 5.97. The van der Waals surface area contributed by atoms with Crippen molar-refractivity contribution >= 4 is 28.2 Å². The minimum absolute atomic E-state index is 0.339. The highest BCUT2D eigenvalue weighted by Crippen LogP contribution is 2.43. The average Bonchev–Trinajstić information content (AvgIpc) is 3.59. The van der Waals surface area contributed by atoms with Crippen LogP contribution in [0.1, 0.15) is 92.4 Å². The molecule has 2 aliphatic heterocycles. The van der Waals surface area contributed by atoms with Crippen LogP contribution in [0.25, 0.3) is 33.3 Å². The van der Waals surface area contributed by atoms with Gasteiger partial charge in [-0.3, -0.25) is 9.67 Å². The zero-order chi connectivity index (χ0) is 37.1. The predicted molar refractivity (Wildman–Crippen MR) is 218 cm³/mol. The summed E-state index contributed by atoms with van der Waals surface area (Å²) in [4.78, 5) is 26.0. The summed E-state index contributed by atoms with van der Waals surface area (Å²) in [7, 11) is 0. The fraction of sp³-hybridized carbons (Fsp3) is 0.422. The molecule has 1 saturated carbocycles.